The summed E-state index contributed by atoms with van der Waals surface area (Å²) in [5, 5.41) is 15.3. The van der Waals surface area contributed by atoms with Crippen molar-refractivity contribution < 1.29 is 24.0 Å². The van der Waals surface area contributed by atoms with Crippen LogP contribution in [0.1, 0.15) is 31.8 Å². The number of nitro benzene ring substituents is 1. The van der Waals surface area contributed by atoms with E-state index in [0.29, 0.717) is 11.3 Å². The van der Waals surface area contributed by atoms with Gasteiger partial charge in [-0.3, -0.25) is 14.9 Å². The Hall–Kier alpha value is -4.53. The Labute approximate surface area is 183 Å². The smallest absolute Gasteiger partial charge is 0.343 e. The van der Waals surface area contributed by atoms with E-state index in [4.69, 9.17) is 9.47 Å². The first kappa shape index (κ1) is 22.2. The number of hydrazone groups is 1. The summed E-state index contributed by atoms with van der Waals surface area (Å²) in [6.45, 7) is 1.90. The molecule has 9 nitrogen and oxygen atoms in total. The molecule has 1 amide bonds. The normalized spacial score (nSPS) is 10.6. The van der Waals surface area contributed by atoms with Crippen molar-refractivity contribution in [3.05, 3.63) is 99.1 Å². The molecule has 3 aromatic carbocycles. The fraction of sp³-hybridized carbons (Fsp3) is 0.0870. The van der Waals surface area contributed by atoms with Crippen molar-refractivity contribution in [3.8, 4) is 11.5 Å². The summed E-state index contributed by atoms with van der Waals surface area (Å²) in [5.41, 5.74) is 3.62. The van der Waals surface area contributed by atoms with Crippen LogP contribution in [0.4, 0.5) is 5.69 Å². The Bertz CT molecular complexity index is 1190. The van der Waals surface area contributed by atoms with Gasteiger partial charge in [-0.25, -0.2) is 10.2 Å². The molecule has 3 rings (SSSR count). The zero-order valence-electron chi connectivity index (χ0n) is 17.3. The lowest BCUT2D eigenvalue weighted by atomic mass is 10.1. The van der Waals surface area contributed by atoms with Crippen molar-refractivity contribution in [3.63, 3.8) is 0 Å². The highest BCUT2D eigenvalue weighted by Gasteiger charge is 2.22. The molecule has 0 fully saturated rings. The highest BCUT2D eigenvalue weighted by Crippen LogP contribution is 2.31. The van der Waals surface area contributed by atoms with E-state index in [9.17, 15) is 19.7 Å². The molecule has 0 spiro atoms. The lowest BCUT2D eigenvalue weighted by Gasteiger charge is -2.09. The number of amides is 1. The Morgan fingerprint density at radius 2 is 1.75 bits per heavy atom. The second kappa shape index (κ2) is 9.98. The van der Waals surface area contributed by atoms with Gasteiger partial charge in [0.1, 0.15) is 5.75 Å². The molecular formula is C23H19N3O6. The molecule has 32 heavy (non-hydrogen) atoms. The van der Waals surface area contributed by atoms with Gasteiger partial charge >= 0.3 is 11.7 Å². The number of nitrogens with zero attached hydrogens (tertiary/aromatic N) is 2. The van der Waals surface area contributed by atoms with Crippen LogP contribution in [0.2, 0.25) is 0 Å². The van der Waals surface area contributed by atoms with Crippen LogP contribution in [-0.4, -0.2) is 30.1 Å². The predicted molar refractivity (Wildman–Crippen MR) is 117 cm³/mol. The van der Waals surface area contributed by atoms with Gasteiger partial charge in [0.05, 0.1) is 23.8 Å². The van der Waals surface area contributed by atoms with E-state index < -0.39 is 22.5 Å². The molecule has 0 heterocycles. The van der Waals surface area contributed by atoms with E-state index in [0.717, 1.165) is 5.56 Å². The van der Waals surface area contributed by atoms with Gasteiger partial charge in [-0.1, -0.05) is 29.8 Å². The minimum Gasteiger partial charge on any atom is -0.497 e. The fourth-order valence-electron chi connectivity index (χ4n) is 2.73. The van der Waals surface area contributed by atoms with E-state index in [1.807, 2.05) is 6.92 Å². The molecule has 1 N–H and O–H groups in total. The minimum absolute atomic E-state index is 0.139. The number of rotatable bonds is 7. The largest absolute Gasteiger partial charge is 0.497 e. The number of methoxy groups -OCH3 is 1. The van der Waals surface area contributed by atoms with Crippen molar-refractivity contribution in [1.82, 2.24) is 5.43 Å². The summed E-state index contributed by atoms with van der Waals surface area (Å²) in [7, 11) is 1.45. The van der Waals surface area contributed by atoms with Gasteiger partial charge < -0.3 is 9.47 Å². The maximum absolute atomic E-state index is 12.6. The van der Waals surface area contributed by atoms with Gasteiger partial charge in [0.15, 0.2) is 0 Å². The molecule has 162 valence electrons. The molecule has 0 aliphatic heterocycles. The molecule has 0 aliphatic rings. The Morgan fingerprint density at radius 1 is 1.03 bits per heavy atom. The van der Waals surface area contributed by atoms with Gasteiger partial charge in [0.25, 0.3) is 5.91 Å². The van der Waals surface area contributed by atoms with Crippen LogP contribution in [0.15, 0.2) is 71.8 Å². The number of hydrogen-bond donors (Lipinski definition) is 1. The predicted octanol–water partition coefficient (Wildman–Crippen LogP) is 3.89. The van der Waals surface area contributed by atoms with Crippen LogP contribution in [0.25, 0.3) is 0 Å². The molecule has 0 bridgehead atoms. The van der Waals surface area contributed by atoms with Crippen LogP contribution >= 0.6 is 0 Å². The zero-order valence-corrected chi connectivity index (χ0v) is 17.3. The molecule has 0 radical (unpaired) electrons. The number of ether oxygens (including phenoxy) is 2. The topological polar surface area (TPSA) is 120 Å². The van der Waals surface area contributed by atoms with Crippen molar-refractivity contribution >= 4 is 23.8 Å². The lowest BCUT2D eigenvalue weighted by Crippen LogP contribution is -2.17. The number of nitrogens with one attached hydrogen (secondary N) is 1. The number of benzene rings is 3. The molecule has 0 atom stereocenters. The van der Waals surface area contributed by atoms with Gasteiger partial charge in [-0.05, 0) is 43.3 Å². The number of nitro groups is 1. The van der Waals surface area contributed by atoms with E-state index >= 15 is 0 Å². The number of hydrogen-bond acceptors (Lipinski definition) is 7. The molecule has 0 aliphatic carbocycles. The monoisotopic (exact) mass is 433 g/mol. The summed E-state index contributed by atoms with van der Waals surface area (Å²) in [6.07, 6.45) is 1.17. The number of carbonyl (C=O) groups is 2. The molecule has 9 heteroatoms. The summed E-state index contributed by atoms with van der Waals surface area (Å²) < 4.78 is 10.4. The zero-order chi connectivity index (χ0) is 23.1. The molecule has 3 aromatic rings. The SMILES string of the molecule is COc1cccc(C(=O)Oc2c(/C=N/NC(=O)c3ccc(C)cc3)cccc2[N+](=O)[O-])c1. The molecule has 0 saturated carbocycles. The van der Waals surface area contributed by atoms with Crippen molar-refractivity contribution in [2.24, 2.45) is 5.10 Å². The number of para-hydroxylation sites is 1. The van der Waals surface area contributed by atoms with Gasteiger partial charge in [0.2, 0.25) is 5.75 Å². The summed E-state index contributed by atoms with van der Waals surface area (Å²) >= 11 is 0. The average Bonchev–Trinajstić information content (AvgIpc) is 2.80. The summed E-state index contributed by atoms with van der Waals surface area (Å²) in [6, 6.07) is 17.2. The number of aryl methyl sites for hydroxylation is 1. The van der Waals surface area contributed by atoms with Crippen LogP contribution in [0.5, 0.6) is 11.5 Å². The molecule has 0 saturated heterocycles. The maximum atomic E-state index is 12.6. The summed E-state index contributed by atoms with van der Waals surface area (Å²) in [5.74, 6) is -1.13. The third-order valence-corrected chi connectivity index (χ3v) is 4.41. The third-order valence-electron chi connectivity index (χ3n) is 4.41. The standard InChI is InChI=1S/C23H19N3O6/c1-15-9-11-16(12-10-15)22(27)25-24-14-18-6-4-8-20(26(29)30)21(18)32-23(28)17-5-3-7-19(13-17)31-2/h3-14H,1-2H3,(H,25,27)/b24-14+. The quantitative estimate of drug-likeness (QED) is 0.198. The van der Waals surface area contributed by atoms with Crippen molar-refractivity contribution in [2.75, 3.05) is 7.11 Å². The lowest BCUT2D eigenvalue weighted by molar-refractivity contribution is -0.385. The number of carbonyl (C=O) groups excluding carboxylic acids is 2. The fourth-order valence-corrected chi connectivity index (χ4v) is 2.73. The van der Waals surface area contributed by atoms with Crippen LogP contribution in [-0.2, 0) is 0 Å². The highest BCUT2D eigenvalue weighted by molar-refractivity contribution is 5.96. The first-order valence-corrected chi connectivity index (χ1v) is 9.42. The second-order valence-corrected chi connectivity index (χ2v) is 6.64. The molecule has 0 aromatic heterocycles. The average molecular weight is 433 g/mol. The second-order valence-electron chi connectivity index (χ2n) is 6.64. The van der Waals surface area contributed by atoms with Crippen LogP contribution < -0.4 is 14.9 Å². The highest BCUT2D eigenvalue weighted by atomic mass is 16.6. The van der Waals surface area contributed by atoms with Gasteiger partial charge in [-0.2, -0.15) is 5.10 Å². The van der Waals surface area contributed by atoms with Crippen LogP contribution in [0.3, 0.4) is 0 Å². The Morgan fingerprint density at radius 3 is 2.44 bits per heavy atom. The first-order chi connectivity index (χ1) is 15.4. The third kappa shape index (κ3) is 5.33. The van der Waals surface area contributed by atoms with Gasteiger partial charge in [-0.15, -0.1) is 0 Å². The van der Waals surface area contributed by atoms with E-state index in [1.165, 1.54) is 43.7 Å². The molecular weight excluding hydrogens is 414 g/mol. The van der Waals surface area contributed by atoms with E-state index in [-0.39, 0.29) is 16.9 Å². The maximum Gasteiger partial charge on any atom is 0.343 e. The van der Waals surface area contributed by atoms with E-state index in [2.05, 4.69) is 10.5 Å². The van der Waals surface area contributed by atoms with E-state index in [1.54, 1.807) is 36.4 Å². The minimum atomic E-state index is -0.809. The number of esters is 1. The summed E-state index contributed by atoms with van der Waals surface area (Å²) in [4.78, 5) is 35.6. The molecule has 0 unspecified atom stereocenters. The Balaban J connectivity index is 1.84. The van der Waals surface area contributed by atoms with Gasteiger partial charge in [0, 0.05) is 17.2 Å². The van der Waals surface area contributed by atoms with Crippen LogP contribution in [0, 0.1) is 17.0 Å². The Kier molecular flexibility index (Phi) is 6.92. The first-order valence-electron chi connectivity index (χ1n) is 9.42. The van der Waals surface area contributed by atoms with Crippen molar-refractivity contribution in [2.45, 2.75) is 6.92 Å². The van der Waals surface area contributed by atoms with Crippen molar-refractivity contribution in [1.29, 1.82) is 0 Å².